The molecule has 170 valence electrons. The summed E-state index contributed by atoms with van der Waals surface area (Å²) in [5, 5.41) is 26.0. The zero-order valence-electron chi connectivity index (χ0n) is 17.1. The van der Waals surface area contributed by atoms with Gasteiger partial charge in [-0.05, 0) is 24.3 Å². The van der Waals surface area contributed by atoms with Crippen molar-refractivity contribution in [2.75, 3.05) is 57.6 Å². The summed E-state index contributed by atoms with van der Waals surface area (Å²) >= 11 is 0. The first kappa shape index (κ1) is 24.8. The molecule has 0 aliphatic heterocycles. The Balaban J connectivity index is 2.06. The highest BCUT2D eigenvalue weighted by Gasteiger charge is 2.30. The number of rotatable bonds is 13. The van der Waals surface area contributed by atoms with E-state index in [0.29, 0.717) is 37.4 Å². The van der Waals surface area contributed by atoms with E-state index < -0.39 is 11.7 Å². The molecule has 2 rings (SSSR count). The second kappa shape index (κ2) is 12.4. The van der Waals surface area contributed by atoms with Gasteiger partial charge in [-0.15, -0.1) is 0 Å². The number of anilines is 1. The summed E-state index contributed by atoms with van der Waals surface area (Å²) in [6, 6.07) is 11.7. The van der Waals surface area contributed by atoms with E-state index in [2.05, 4.69) is 0 Å². The van der Waals surface area contributed by atoms with Crippen LogP contribution in [-0.2, 0) is 15.7 Å². The van der Waals surface area contributed by atoms with Crippen molar-refractivity contribution >= 4 is 11.4 Å². The van der Waals surface area contributed by atoms with E-state index in [1.54, 1.807) is 12.1 Å². The Morgan fingerprint density at radius 2 is 1.23 bits per heavy atom. The molecule has 0 aliphatic rings. The largest absolute Gasteiger partial charge is 0.416 e. The van der Waals surface area contributed by atoms with Crippen LogP contribution in [0.2, 0.25) is 0 Å². The standard InChI is InChI=1S/C22H27F3N2O4/c23-22(24,25)19-5-1-17(2-6-19)21(26)18-3-7-20(8-4-18)27(9-13-30-15-11-28)10-14-31-16-12-29/h1-8,26,28-29H,9-16H2. The fourth-order valence-corrected chi connectivity index (χ4v) is 2.88. The van der Waals surface area contributed by atoms with E-state index in [4.69, 9.17) is 25.1 Å². The summed E-state index contributed by atoms with van der Waals surface area (Å²) in [6.45, 7) is 2.31. The van der Waals surface area contributed by atoms with Crippen molar-refractivity contribution < 1.29 is 32.9 Å². The molecule has 0 atom stereocenters. The number of ether oxygens (including phenoxy) is 2. The number of hydrogen-bond donors (Lipinski definition) is 3. The molecule has 0 aromatic heterocycles. The number of aliphatic hydroxyl groups is 2. The summed E-state index contributed by atoms with van der Waals surface area (Å²) in [7, 11) is 0. The van der Waals surface area contributed by atoms with Gasteiger partial charge in [0.15, 0.2) is 0 Å². The Kier molecular flexibility index (Phi) is 9.93. The first-order chi connectivity index (χ1) is 14.9. The Morgan fingerprint density at radius 3 is 1.65 bits per heavy atom. The smallest absolute Gasteiger partial charge is 0.394 e. The van der Waals surface area contributed by atoms with Gasteiger partial charge in [0.2, 0.25) is 0 Å². The summed E-state index contributed by atoms with van der Waals surface area (Å²) in [5.41, 5.74) is 1.22. The minimum Gasteiger partial charge on any atom is -0.394 e. The first-order valence-electron chi connectivity index (χ1n) is 9.85. The average molecular weight is 440 g/mol. The van der Waals surface area contributed by atoms with Crippen LogP contribution in [-0.4, -0.2) is 68.7 Å². The zero-order chi connectivity index (χ0) is 22.7. The van der Waals surface area contributed by atoms with E-state index in [0.717, 1.165) is 17.8 Å². The van der Waals surface area contributed by atoms with Gasteiger partial charge in [0.05, 0.1) is 50.9 Å². The summed E-state index contributed by atoms with van der Waals surface area (Å²) < 4.78 is 48.8. The van der Waals surface area contributed by atoms with E-state index in [-0.39, 0.29) is 32.1 Å². The molecule has 3 N–H and O–H groups in total. The number of halogens is 3. The van der Waals surface area contributed by atoms with Crippen LogP contribution in [0, 0.1) is 5.41 Å². The van der Waals surface area contributed by atoms with Crippen LogP contribution >= 0.6 is 0 Å². The van der Waals surface area contributed by atoms with Crippen molar-refractivity contribution in [1.29, 1.82) is 5.41 Å². The lowest BCUT2D eigenvalue weighted by molar-refractivity contribution is -0.137. The number of aliphatic hydroxyl groups excluding tert-OH is 2. The van der Waals surface area contributed by atoms with Crippen molar-refractivity contribution in [3.8, 4) is 0 Å². The van der Waals surface area contributed by atoms with Crippen LogP contribution in [0.25, 0.3) is 0 Å². The Labute approximate surface area is 179 Å². The minimum absolute atomic E-state index is 0.0552. The molecule has 2 aromatic carbocycles. The third-order valence-electron chi connectivity index (χ3n) is 4.50. The molecule has 31 heavy (non-hydrogen) atoms. The molecule has 0 bridgehead atoms. The molecule has 0 amide bonds. The highest BCUT2D eigenvalue weighted by Crippen LogP contribution is 2.29. The van der Waals surface area contributed by atoms with E-state index in [1.165, 1.54) is 12.1 Å². The molecule has 0 saturated carbocycles. The van der Waals surface area contributed by atoms with E-state index >= 15 is 0 Å². The van der Waals surface area contributed by atoms with Gasteiger partial charge in [0.25, 0.3) is 0 Å². The van der Waals surface area contributed by atoms with Gasteiger partial charge in [-0.25, -0.2) is 0 Å². The van der Waals surface area contributed by atoms with Crippen molar-refractivity contribution in [3.05, 3.63) is 65.2 Å². The lowest BCUT2D eigenvalue weighted by Gasteiger charge is -2.25. The van der Waals surface area contributed by atoms with E-state index in [1.807, 2.05) is 17.0 Å². The maximum atomic E-state index is 12.7. The predicted molar refractivity (Wildman–Crippen MR) is 112 cm³/mol. The van der Waals surface area contributed by atoms with Gasteiger partial charge in [0, 0.05) is 29.9 Å². The second-order valence-electron chi connectivity index (χ2n) is 6.66. The molecule has 2 aromatic rings. The third kappa shape index (κ3) is 7.95. The molecule has 0 unspecified atom stereocenters. The van der Waals surface area contributed by atoms with Crippen LogP contribution in [0.4, 0.5) is 18.9 Å². The zero-order valence-corrected chi connectivity index (χ0v) is 17.1. The lowest BCUT2D eigenvalue weighted by atomic mass is 10.0. The molecule has 0 heterocycles. The Bertz CT molecular complexity index is 784. The van der Waals surface area contributed by atoms with Crippen molar-refractivity contribution in [1.82, 2.24) is 0 Å². The van der Waals surface area contributed by atoms with Crippen LogP contribution < -0.4 is 4.90 Å². The van der Waals surface area contributed by atoms with Crippen molar-refractivity contribution in [3.63, 3.8) is 0 Å². The topological polar surface area (TPSA) is 86.0 Å². The van der Waals surface area contributed by atoms with Gasteiger partial charge in [-0.3, -0.25) is 5.41 Å². The number of benzene rings is 2. The van der Waals surface area contributed by atoms with Gasteiger partial charge in [-0.1, -0.05) is 24.3 Å². The summed E-state index contributed by atoms with van der Waals surface area (Å²) in [5.74, 6) is 0. The lowest BCUT2D eigenvalue weighted by Crippen LogP contribution is -2.31. The van der Waals surface area contributed by atoms with Crippen LogP contribution in [0.1, 0.15) is 16.7 Å². The normalized spacial score (nSPS) is 11.5. The summed E-state index contributed by atoms with van der Waals surface area (Å²) in [6.07, 6.45) is -4.41. The monoisotopic (exact) mass is 440 g/mol. The van der Waals surface area contributed by atoms with Gasteiger partial charge >= 0.3 is 6.18 Å². The van der Waals surface area contributed by atoms with Crippen LogP contribution in [0.15, 0.2) is 48.5 Å². The molecule has 6 nitrogen and oxygen atoms in total. The van der Waals surface area contributed by atoms with Crippen molar-refractivity contribution in [2.24, 2.45) is 0 Å². The maximum Gasteiger partial charge on any atom is 0.416 e. The fraction of sp³-hybridized carbons (Fsp3) is 0.409. The Hall–Kier alpha value is -2.46. The van der Waals surface area contributed by atoms with Gasteiger partial charge in [0.1, 0.15) is 0 Å². The van der Waals surface area contributed by atoms with Gasteiger partial charge < -0.3 is 24.6 Å². The Morgan fingerprint density at radius 1 is 0.774 bits per heavy atom. The highest BCUT2D eigenvalue weighted by molar-refractivity contribution is 6.10. The molecule has 0 aliphatic carbocycles. The molecule has 9 heteroatoms. The minimum atomic E-state index is -4.41. The number of hydrogen-bond acceptors (Lipinski definition) is 6. The number of nitrogens with one attached hydrogen (secondary N) is 1. The maximum absolute atomic E-state index is 12.7. The first-order valence-corrected chi connectivity index (χ1v) is 9.85. The molecule has 0 saturated heterocycles. The SMILES string of the molecule is N=C(c1ccc(N(CCOCCO)CCOCCO)cc1)c1ccc(C(F)(F)F)cc1. The average Bonchev–Trinajstić information content (AvgIpc) is 2.77. The fourth-order valence-electron chi connectivity index (χ4n) is 2.88. The second-order valence-corrected chi connectivity index (χ2v) is 6.66. The molecular weight excluding hydrogens is 413 g/mol. The quantitative estimate of drug-likeness (QED) is 0.329. The number of nitrogens with zero attached hydrogens (tertiary/aromatic N) is 1. The molecule has 0 spiro atoms. The third-order valence-corrected chi connectivity index (χ3v) is 4.50. The summed E-state index contributed by atoms with van der Waals surface area (Å²) in [4.78, 5) is 2.01. The van der Waals surface area contributed by atoms with Crippen molar-refractivity contribution in [2.45, 2.75) is 6.18 Å². The molecular formula is C22H27F3N2O4. The van der Waals surface area contributed by atoms with Gasteiger partial charge in [-0.2, -0.15) is 13.2 Å². The molecule has 0 radical (unpaired) electrons. The van der Waals surface area contributed by atoms with Crippen LogP contribution in [0.5, 0.6) is 0 Å². The predicted octanol–water partition coefficient (Wildman–Crippen LogP) is 2.95. The molecule has 0 fully saturated rings. The highest BCUT2D eigenvalue weighted by atomic mass is 19.4. The number of alkyl halides is 3. The van der Waals surface area contributed by atoms with Crippen LogP contribution in [0.3, 0.4) is 0 Å². The van der Waals surface area contributed by atoms with E-state index in [9.17, 15) is 13.2 Å².